The molecule has 0 amide bonds. The molecule has 6 nitrogen and oxygen atoms in total. The molecule has 6 heteroatoms. The maximum atomic E-state index is 10.9. The Morgan fingerprint density at radius 1 is 1.04 bits per heavy atom. The second-order valence-electron chi connectivity index (χ2n) is 5.99. The highest BCUT2D eigenvalue weighted by molar-refractivity contribution is 5.63. The molecule has 0 heterocycles. The monoisotopic (exact) mass is 359 g/mol. The second-order valence-corrected chi connectivity index (χ2v) is 5.99. The van der Waals surface area contributed by atoms with Crippen LogP contribution < -0.4 is 5.32 Å². The van der Waals surface area contributed by atoms with Crippen molar-refractivity contribution in [1.29, 1.82) is 5.26 Å². The molecule has 1 atom stereocenters. The summed E-state index contributed by atoms with van der Waals surface area (Å²) in [6, 6.07) is 23.6. The van der Waals surface area contributed by atoms with Gasteiger partial charge in [0.1, 0.15) is 11.6 Å². The molecule has 2 N–H and O–H groups in total. The molecule has 3 rings (SSSR count). The zero-order chi connectivity index (χ0) is 19.2. The third kappa shape index (κ3) is 4.29. The van der Waals surface area contributed by atoms with Crippen LogP contribution in [-0.4, -0.2) is 16.6 Å². The van der Waals surface area contributed by atoms with Crippen molar-refractivity contribution in [1.82, 2.24) is 0 Å². The van der Waals surface area contributed by atoms with E-state index in [-0.39, 0.29) is 17.8 Å². The highest BCUT2D eigenvalue weighted by atomic mass is 16.6. The van der Waals surface area contributed by atoms with E-state index in [1.807, 2.05) is 60.7 Å². The fraction of sp³-hybridized carbons (Fsp3) is 0.0952. The first-order valence-electron chi connectivity index (χ1n) is 8.34. The van der Waals surface area contributed by atoms with Gasteiger partial charge in [0.25, 0.3) is 5.69 Å². The van der Waals surface area contributed by atoms with E-state index < -0.39 is 11.0 Å². The van der Waals surface area contributed by atoms with Crippen molar-refractivity contribution >= 4 is 11.4 Å². The second kappa shape index (κ2) is 8.13. The molecule has 0 aliphatic carbocycles. The molecule has 0 aromatic heterocycles. The Balaban J connectivity index is 1.67. The quantitative estimate of drug-likeness (QED) is 0.505. The summed E-state index contributed by atoms with van der Waals surface area (Å²) in [5.41, 5.74) is 3.20. The van der Waals surface area contributed by atoms with Crippen LogP contribution in [0.2, 0.25) is 0 Å². The predicted molar refractivity (Wildman–Crippen MR) is 103 cm³/mol. The number of nitro groups is 1. The molecule has 0 fully saturated rings. The highest BCUT2D eigenvalue weighted by Gasteiger charge is 2.14. The lowest BCUT2D eigenvalue weighted by atomic mass is 10.0. The number of hydrogen-bond acceptors (Lipinski definition) is 5. The number of benzene rings is 3. The molecule has 0 bridgehead atoms. The molecule has 0 radical (unpaired) electrons. The summed E-state index contributed by atoms with van der Waals surface area (Å²) in [4.78, 5) is 10.3. The van der Waals surface area contributed by atoms with Crippen molar-refractivity contribution in [3.05, 3.63) is 94.0 Å². The molecule has 0 saturated heterocycles. The van der Waals surface area contributed by atoms with Gasteiger partial charge in [-0.1, -0.05) is 54.6 Å². The van der Waals surface area contributed by atoms with E-state index in [1.54, 1.807) is 0 Å². The molecule has 0 saturated carbocycles. The van der Waals surface area contributed by atoms with Gasteiger partial charge in [0, 0.05) is 18.3 Å². The van der Waals surface area contributed by atoms with Gasteiger partial charge in [-0.25, -0.2) is 0 Å². The van der Waals surface area contributed by atoms with E-state index in [9.17, 15) is 15.2 Å². The molecule has 134 valence electrons. The number of aliphatic hydroxyl groups excluding tert-OH is 1. The molecular formula is C21H17N3O3. The molecule has 0 aliphatic heterocycles. The number of anilines is 1. The van der Waals surface area contributed by atoms with Gasteiger partial charge in [-0.3, -0.25) is 10.1 Å². The normalized spacial score (nSPS) is 11.4. The van der Waals surface area contributed by atoms with Gasteiger partial charge in [0.15, 0.2) is 0 Å². The zero-order valence-electron chi connectivity index (χ0n) is 14.4. The molecular weight excluding hydrogens is 342 g/mol. The minimum atomic E-state index is -0.754. The number of rotatable bonds is 6. The van der Waals surface area contributed by atoms with Crippen LogP contribution in [0.5, 0.6) is 0 Å². The Labute approximate surface area is 156 Å². The number of nitrogens with zero attached hydrogens (tertiary/aromatic N) is 2. The van der Waals surface area contributed by atoms with Gasteiger partial charge in [-0.2, -0.15) is 5.26 Å². The third-order valence-corrected chi connectivity index (χ3v) is 4.22. The highest BCUT2D eigenvalue weighted by Crippen LogP contribution is 2.24. The summed E-state index contributed by atoms with van der Waals surface area (Å²) in [7, 11) is 0. The standard InChI is InChI=1S/C21H17N3O3/c22-13-18-12-19(10-11-20(18)24(26)27)23-14-21(25)17-8-6-16(7-9-17)15-4-2-1-3-5-15/h1-12,21,23,25H,14H2. The van der Waals surface area contributed by atoms with E-state index in [1.165, 1.54) is 18.2 Å². The van der Waals surface area contributed by atoms with Crippen LogP contribution >= 0.6 is 0 Å². The largest absolute Gasteiger partial charge is 0.387 e. The van der Waals surface area contributed by atoms with Crippen molar-refractivity contribution in [3.63, 3.8) is 0 Å². The lowest BCUT2D eigenvalue weighted by Crippen LogP contribution is -2.12. The Morgan fingerprint density at radius 3 is 2.33 bits per heavy atom. The summed E-state index contributed by atoms with van der Waals surface area (Å²) < 4.78 is 0. The molecule has 3 aromatic carbocycles. The van der Waals surface area contributed by atoms with Crippen LogP contribution in [0.4, 0.5) is 11.4 Å². The Morgan fingerprint density at radius 2 is 1.70 bits per heavy atom. The first-order valence-corrected chi connectivity index (χ1v) is 8.34. The summed E-state index contributed by atoms with van der Waals surface area (Å²) in [5.74, 6) is 0. The Bertz CT molecular complexity index is 980. The minimum absolute atomic E-state index is 0.0216. The van der Waals surface area contributed by atoms with Gasteiger partial charge in [-0.05, 0) is 28.8 Å². The lowest BCUT2D eigenvalue weighted by molar-refractivity contribution is -0.385. The average Bonchev–Trinajstić information content (AvgIpc) is 2.72. The van der Waals surface area contributed by atoms with E-state index in [2.05, 4.69) is 5.32 Å². The summed E-state index contributed by atoms with van der Waals surface area (Å²) >= 11 is 0. The predicted octanol–water partition coefficient (Wildman–Crippen LogP) is 4.28. The zero-order valence-corrected chi connectivity index (χ0v) is 14.4. The van der Waals surface area contributed by atoms with E-state index in [0.29, 0.717) is 5.69 Å². The third-order valence-electron chi connectivity index (χ3n) is 4.22. The lowest BCUT2D eigenvalue weighted by Gasteiger charge is -2.14. The number of hydrogen-bond donors (Lipinski definition) is 2. The maximum absolute atomic E-state index is 10.9. The fourth-order valence-electron chi connectivity index (χ4n) is 2.76. The summed E-state index contributed by atoms with van der Waals surface area (Å²) in [5, 5.41) is 33.3. The van der Waals surface area contributed by atoms with E-state index >= 15 is 0 Å². The van der Waals surface area contributed by atoms with Gasteiger partial charge in [0.2, 0.25) is 0 Å². The first kappa shape index (κ1) is 18.1. The summed E-state index contributed by atoms with van der Waals surface area (Å²) in [6.07, 6.45) is -0.754. The van der Waals surface area contributed by atoms with Crippen LogP contribution in [0.3, 0.4) is 0 Å². The van der Waals surface area contributed by atoms with Crippen LogP contribution in [0, 0.1) is 21.4 Å². The van der Waals surface area contributed by atoms with Crippen LogP contribution in [-0.2, 0) is 0 Å². The minimum Gasteiger partial charge on any atom is -0.387 e. The van der Waals surface area contributed by atoms with Gasteiger partial charge < -0.3 is 10.4 Å². The Hall–Kier alpha value is -3.69. The maximum Gasteiger partial charge on any atom is 0.287 e. The number of nitrogens with one attached hydrogen (secondary N) is 1. The van der Waals surface area contributed by atoms with Crippen LogP contribution in [0.25, 0.3) is 11.1 Å². The SMILES string of the molecule is N#Cc1cc(NCC(O)c2ccc(-c3ccccc3)cc2)ccc1[N+](=O)[O-]. The molecule has 27 heavy (non-hydrogen) atoms. The van der Waals surface area contributed by atoms with E-state index in [0.717, 1.165) is 16.7 Å². The fourth-order valence-corrected chi connectivity index (χ4v) is 2.76. The first-order chi connectivity index (χ1) is 13.1. The van der Waals surface area contributed by atoms with Crippen molar-refractivity contribution in [2.75, 3.05) is 11.9 Å². The average molecular weight is 359 g/mol. The van der Waals surface area contributed by atoms with E-state index in [4.69, 9.17) is 5.26 Å². The molecule has 3 aromatic rings. The summed E-state index contributed by atoms with van der Waals surface area (Å²) in [6.45, 7) is 0.216. The number of aliphatic hydroxyl groups is 1. The Kier molecular flexibility index (Phi) is 5.45. The van der Waals surface area contributed by atoms with Gasteiger partial charge in [0.05, 0.1) is 11.0 Å². The smallest absolute Gasteiger partial charge is 0.287 e. The molecule has 0 aliphatic rings. The van der Waals surface area contributed by atoms with Crippen molar-refractivity contribution in [3.8, 4) is 17.2 Å². The van der Waals surface area contributed by atoms with Crippen molar-refractivity contribution in [2.45, 2.75) is 6.10 Å². The number of nitro benzene ring substituents is 1. The van der Waals surface area contributed by atoms with Crippen LogP contribution in [0.1, 0.15) is 17.2 Å². The molecule has 1 unspecified atom stereocenters. The van der Waals surface area contributed by atoms with Gasteiger partial charge in [-0.15, -0.1) is 0 Å². The van der Waals surface area contributed by atoms with Gasteiger partial charge >= 0.3 is 0 Å². The number of nitriles is 1. The van der Waals surface area contributed by atoms with Crippen molar-refractivity contribution < 1.29 is 10.0 Å². The van der Waals surface area contributed by atoms with Crippen molar-refractivity contribution in [2.24, 2.45) is 0 Å². The topological polar surface area (TPSA) is 99.2 Å². The van der Waals surface area contributed by atoms with Crippen LogP contribution in [0.15, 0.2) is 72.8 Å². The molecule has 0 spiro atoms.